The minimum absolute atomic E-state index is 0. The van der Waals surface area contributed by atoms with Crippen molar-refractivity contribution in [2.24, 2.45) is 11.3 Å². The van der Waals surface area contributed by atoms with Crippen LogP contribution in [0.15, 0.2) is 24.5 Å². The molecule has 1 aromatic rings. The lowest BCUT2D eigenvalue weighted by atomic mass is 9.80. The summed E-state index contributed by atoms with van der Waals surface area (Å²) in [4.78, 5) is 32.8. The molecule has 130 valence electrons. The fourth-order valence-corrected chi connectivity index (χ4v) is 3.50. The highest BCUT2D eigenvalue weighted by atomic mass is 35.5. The number of carbonyl (C=O) groups is 2. The fraction of sp³-hybridized carbons (Fsp3) is 0.500. The third-order valence-corrected chi connectivity index (χ3v) is 5.16. The summed E-state index contributed by atoms with van der Waals surface area (Å²) in [5, 5.41) is 3.25. The van der Waals surface area contributed by atoms with E-state index in [4.69, 9.17) is 5.90 Å². The maximum atomic E-state index is 12.6. The van der Waals surface area contributed by atoms with E-state index in [1.54, 1.807) is 38.0 Å². The second-order valence-corrected chi connectivity index (χ2v) is 6.31. The van der Waals surface area contributed by atoms with Crippen LogP contribution >= 0.6 is 36.6 Å². The Kier molecular flexibility index (Phi) is 9.09. The summed E-state index contributed by atoms with van der Waals surface area (Å²) in [6, 6.07) is 3.41. The summed E-state index contributed by atoms with van der Waals surface area (Å²) in [7, 11) is 0. The molecule has 6 nitrogen and oxygen atoms in total. The average molecular weight is 382 g/mol. The zero-order valence-corrected chi connectivity index (χ0v) is 15.3. The summed E-state index contributed by atoms with van der Waals surface area (Å²) in [5.41, 5.74) is -0.200. The van der Waals surface area contributed by atoms with Gasteiger partial charge < -0.3 is 4.84 Å². The standard InChI is InChI=1S/C14H19N3O3S.2ClH/c1-3-14(2,13(19)20-15)11(18)10-8-21-12(17-10)9-5-4-6-16-7-9;;/h4-7,10,12,17H,3,8,15H2,1-2H3;2*1H. The molecule has 23 heavy (non-hydrogen) atoms. The van der Waals surface area contributed by atoms with Crippen LogP contribution in [0.3, 0.4) is 0 Å². The fourth-order valence-electron chi connectivity index (χ4n) is 2.28. The minimum atomic E-state index is -1.21. The second kappa shape index (κ2) is 9.44. The Morgan fingerprint density at radius 3 is 2.74 bits per heavy atom. The van der Waals surface area contributed by atoms with E-state index in [0.29, 0.717) is 12.2 Å². The summed E-state index contributed by atoms with van der Waals surface area (Å²) in [6.07, 6.45) is 3.82. The van der Waals surface area contributed by atoms with Crippen LogP contribution in [0.2, 0.25) is 0 Å². The van der Waals surface area contributed by atoms with Crippen molar-refractivity contribution in [2.75, 3.05) is 5.75 Å². The number of halogens is 2. The van der Waals surface area contributed by atoms with Crippen molar-refractivity contribution in [3.63, 3.8) is 0 Å². The molecule has 3 atom stereocenters. The molecule has 1 aliphatic heterocycles. The molecular weight excluding hydrogens is 361 g/mol. The number of hydrogen-bond donors (Lipinski definition) is 2. The van der Waals surface area contributed by atoms with Gasteiger partial charge in [0.2, 0.25) is 0 Å². The molecule has 1 fully saturated rings. The summed E-state index contributed by atoms with van der Waals surface area (Å²) in [6.45, 7) is 3.35. The van der Waals surface area contributed by atoms with Crippen molar-refractivity contribution in [2.45, 2.75) is 31.7 Å². The van der Waals surface area contributed by atoms with E-state index >= 15 is 0 Å². The first-order valence-electron chi connectivity index (χ1n) is 6.76. The van der Waals surface area contributed by atoms with E-state index in [9.17, 15) is 9.59 Å². The van der Waals surface area contributed by atoms with E-state index in [1.807, 2.05) is 12.1 Å². The number of thioether (sulfide) groups is 1. The van der Waals surface area contributed by atoms with Crippen molar-refractivity contribution in [1.29, 1.82) is 0 Å². The lowest BCUT2D eigenvalue weighted by Gasteiger charge is -2.26. The number of rotatable bonds is 5. The van der Waals surface area contributed by atoms with E-state index in [-0.39, 0.29) is 36.0 Å². The largest absolute Gasteiger partial charge is 0.373 e. The van der Waals surface area contributed by atoms with Gasteiger partial charge in [-0.15, -0.1) is 36.6 Å². The monoisotopic (exact) mass is 381 g/mol. The van der Waals surface area contributed by atoms with E-state index in [1.165, 1.54) is 0 Å². The van der Waals surface area contributed by atoms with E-state index in [2.05, 4.69) is 15.1 Å². The molecule has 9 heteroatoms. The number of Topliss-reactive ketones (excluding diaryl/α,β-unsaturated/α-hetero) is 1. The molecule has 0 amide bonds. The maximum absolute atomic E-state index is 12.6. The quantitative estimate of drug-likeness (QED) is 0.594. The van der Waals surface area contributed by atoms with Gasteiger partial charge in [-0.3, -0.25) is 15.1 Å². The molecule has 3 unspecified atom stereocenters. The molecule has 3 N–H and O–H groups in total. The van der Waals surface area contributed by atoms with Gasteiger partial charge in [-0.05, 0) is 25.0 Å². The minimum Gasteiger partial charge on any atom is -0.373 e. The molecule has 0 aromatic carbocycles. The first-order chi connectivity index (χ1) is 10.0. The van der Waals surface area contributed by atoms with Crippen molar-refractivity contribution < 1.29 is 14.4 Å². The normalized spacial score (nSPS) is 22.2. The van der Waals surface area contributed by atoms with Crippen molar-refractivity contribution in [3.05, 3.63) is 30.1 Å². The second-order valence-electron chi connectivity index (χ2n) is 5.17. The Labute approximate surface area is 152 Å². The third kappa shape index (κ3) is 4.58. The number of aromatic nitrogens is 1. The smallest absolute Gasteiger partial charge is 0.337 e. The summed E-state index contributed by atoms with van der Waals surface area (Å²) in [5.74, 6) is 4.69. The molecule has 2 rings (SSSR count). The average Bonchev–Trinajstić information content (AvgIpc) is 3.03. The predicted molar refractivity (Wildman–Crippen MR) is 94.5 cm³/mol. The third-order valence-electron chi connectivity index (χ3n) is 3.89. The van der Waals surface area contributed by atoms with Gasteiger partial charge in [0.05, 0.1) is 11.4 Å². The zero-order valence-electron chi connectivity index (χ0n) is 12.9. The zero-order chi connectivity index (χ0) is 15.5. The van der Waals surface area contributed by atoms with Gasteiger partial charge in [0.15, 0.2) is 5.78 Å². The van der Waals surface area contributed by atoms with Crippen molar-refractivity contribution >= 4 is 48.3 Å². The van der Waals surface area contributed by atoms with Gasteiger partial charge in [0.1, 0.15) is 5.41 Å². The Balaban J connectivity index is 0.00000242. The Morgan fingerprint density at radius 1 is 1.52 bits per heavy atom. The van der Waals surface area contributed by atoms with Crippen LogP contribution in [0.5, 0.6) is 0 Å². The van der Waals surface area contributed by atoms with Crippen molar-refractivity contribution in [3.8, 4) is 0 Å². The van der Waals surface area contributed by atoms with Crippen LogP contribution in [0.25, 0.3) is 0 Å². The lowest BCUT2D eigenvalue weighted by Crippen LogP contribution is -2.48. The first kappa shape index (κ1) is 22.1. The molecule has 2 heterocycles. The molecule has 0 saturated carbocycles. The number of hydrogen-bond acceptors (Lipinski definition) is 7. The van der Waals surface area contributed by atoms with Gasteiger partial charge in [0, 0.05) is 18.1 Å². The molecule has 1 aliphatic rings. The molecule has 0 aliphatic carbocycles. The Bertz CT molecular complexity index is 535. The molecule has 0 bridgehead atoms. The Hall–Kier alpha value is -0.860. The van der Waals surface area contributed by atoms with Gasteiger partial charge in [-0.2, -0.15) is 5.90 Å². The molecule has 0 radical (unpaired) electrons. The van der Waals surface area contributed by atoms with E-state index in [0.717, 1.165) is 5.56 Å². The lowest BCUT2D eigenvalue weighted by molar-refractivity contribution is -0.160. The molecule has 0 spiro atoms. The summed E-state index contributed by atoms with van der Waals surface area (Å²) >= 11 is 1.62. The van der Waals surface area contributed by atoms with E-state index < -0.39 is 17.4 Å². The van der Waals surface area contributed by atoms with Gasteiger partial charge in [-0.1, -0.05) is 13.0 Å². The first-order valence-corrected chi connectivity index (χ1v) is 7.81. The highest BCUT2D eigenvalue weighted by Gasteiger charge is 2.46. The van der Waals surface area contributed by atoms with Crippen LogP contribution in [-0.4, -0.2) is 28.5 Å². The highest BCUT2D eigenvalue weighted by Crippen LogP contribution is 2.36. The van der Waals surface area contributed by atoms with Crippen LogP contribution in [0.1, 0.15) is 31.2 Å². The van der Waals surface area contributed by atoms with Crippen LogP contribution in [0, 0.1) is 5.41 Å². The van der Waals surface area contributed by atoms with Gasteiger partial charge >= 0.3 is 5.97 Å². The van der Waals surface area contributed by atoms with Crippen LogP contribution < -0.4 is 11.2 Å². The number of ketones is 1. The number of nitrogens with zero attached hydrogens (tertiary/aromatic N) is 1. The Morgan fingerprint density at radius 2 is 2.22 bits per heavy atom. The molecule has 1 saturated heterocycles. The molecular formula is C14H21Cl2N3O3S. The SMILES string of the molecule is CCC(C)(C(=O)ON)C(=O)C1CSC(c2cccnc2)N1.Cl.Cl. The van der Waals surface area contributed by atoms with Crippen molar-refractivity contribution in [1.82, 2.24) is 10.3 Å². The molecule has 1 aromatic heterocycles. The van der Waals surface area contributed by atoms with Crippen LogP contribution in [-0.2, 0) is 14.4 Å². The summed E-state index contributed by atoms with van der Waals surface area (Å²) < 4.78 is 0. The number of nitrogens with one attached hydrogen (secondary N) is 1. The maximum Gasteiger partial charge on any atom is 0.337 e. The number of carbonyl (C=O) groups excluding carboxylic acids is 2. The van der Waals surface area contributed by atoms with Gasteiger partial charge in [-0.25, -0.2) is 4.79 Å². The number of nitrogens with two attached hydrogens (primary N) is 1. The topological polar surface area (TPSA) is 94.3 Å². The number of pyridine rings is 1. The predicted octanol–water partition coefficient (Wildman–Crippen LogP) is 2.03. The van der Waals surface area contributed by atoms with Gasteiger partial charge in [0.25, 0.3) is 0 Å². The van der Waals surface area contributed by atoms with Crippen LogP contribution in [0.4, 0.5) is 0 Å². The highest BCUT2D eigenvalue weighted by molar-refractivity contribution is 7.99.